The van der Waals surface area contributed by atoms with Crippen LogP contribution in [0.1, 0.15) is 21.7 Å². The van der Waals surface area contributed by atoms with Crippen LogP contribution in [-0.4, -0.2) is 15.3 Å². The average molecular weight is 413 g/mol. The molecule has 7 heteroatoms. The standard InChI is InChI=1S/C16H12BrCl2N3O/c1-8-5-10(17)7-22-14(9(2)20-15(8)22)16(23)21-13-4-3-11(18)6-12(13)19/h3-7H,1-2H3,(H,21,23). The summed E-state index contributed by atoms with van der Waals surface area (Å²) < 4.78 is 2.65. The van der Waals surface area contributed by atoms with Crippen LogP contribution in [0.4, 0.5) is 5.69 Å². The maximum atomic E-state index is 12.7. The first-order valence-corrected chi connectivity index (χ1v) is 8.33. The van der Waals surface area contributed by atoms with E-state index in [2.05, 4.69) is 26.2 Å². The summed E-state index contributed by atoms with van der Waals surface area (Å²) in [7, 11) is 0. The second-order valence-corrected chi connectivity index (χ2v) is 6.92. The Morgan fingerprint density at radius 3 is 2.70 bits per heavy atom. The van der Waals surface area contributed by atoms with E-state index in [4.69, 9.17) is 23.2 Å². The molecule has 3 rings (SSSR count). The van der Waals surface area contributed by atoms with Gasteiger partial charge in [0.1, 0.15) is 11.3 Å². The van der Waals surface area contributed by atoms with Gasteiger partial charge in [-0.15, -0.1) is 0 Å². The van der Waals surface area contributed by atoms with Gasteiger partial charge >= 0.3 is 0 Å². The number of benzene rings is 1. The number of hydrogen-bond acceptors (Lipinski definition) is 2. The molecule has 1 N–H and O–H groups in total. The van der Waals surface area contributed by atoms with Gasteiger partial charge in [0, 0.05) is 15.7 Å². The molecule has 2 heterocycles. The van der Waals surface area contributed by atoms with Crippen molar-refractivity contribution in [2.24, 2.45) is 0 Å². The number of carbonyl (C=O) groups is 1. The van der Waals surface area contributed by atoms with Gasteiger partial charge in [-0.25, -0.2) is 4.98 Å². The molecule has 0 fully saturated rings. The maximum Gasteiger partial charge on any atom is 0.274 e. The highest BCUT2D eigenvalue weighted by Gasteiger charge is 2.19. The van der Waals surface area contributed by atoms with Crippen molar-refractivity contribution in [1.29, 1.82) is 0 Å². The SMILES string of the molecule is Cc1nc2c(C)cc(Br)cn2c1C(=O)Nc1ccc(Cl)cc1Cl. The topological polar surface area (TPSA) is 46.4 Å². The molecule has 0 radical (unpaired) electrons. The molecule has 0 aliphatic heterocycles. The van der Waals surface area contributed by atoms with Crippen molar-refractivity contribution in [3.8, 4) is 0 Å². The number of imidazole rings is 1. The normalized spacial score (nSPS) is 11.0. The number of halogens is 3. The molecule has 0 aliphatic rings. The molecule has 0 saturated heterocycles. The zero-order valence-electron chi connectivity index (χ0n) is 12.3. The van der Waals surface area contributed by atoms with Crippen molar-refractivity contribution in [2.45, 2.75) is 13.8 Å². The van der Waals surface area contributed by atoms with E-state index in [9.17, 15) is 4.79 Å². The first-order valence-electron chi connectivity index (χ1n) is 6.78. The van der Waals surface area contributed by atoms with Crippen LogP contribution < -0.4 is 5.32 Å². The van der Waals surface area contributed by atoms with E-state index < -0.39 is 0 Å². The van der Waals surface area contributed by atoms with Crippen LogP contribution in [-0.2, 0) is 0 Å². The van der Waals surface area contributed by atoms with E-state index in [-0.39, 0.29) is 5.91 Å². The molecule has 118 valence electrons. The van der Waals surface area contributed by atoms with Gasteiger partial charge in [-0.05, 0) is 59.6 Å². The van der Waals surface area contributed by atoms with Crippen LogP contribution in [0.3, 0.4) is 0 Å². The van der Waals surface area contributed by atoms with Gasteiger partial charge in [0.25, 0.3) is 5.91 Å². The maximum absolute atomic E-state index is 12.7. The summed E-state index contributed by atoms with van der Waals surface area (Å²) in [4.78, 5) is 17.2. The number of aryl methyl sites for hydroxylation is 2. The Balaban J connectivity index is 2.06. The number of hydrogen-bond donors (Lipinski definition) is 1. The highest BCUT2D eigenvalue weighted by atomic mass is 79.9. The lowest BCUT2D eigenvalue weighted by Crippen LogP contribution is -2.16. The van der Waals surface area contributed by atoms with Gasteiger partial charge in [0.05, 0.1) is 16.4 Å². The number of nitrogens with one attached hydrogen (secondary N) is 1. The quantitative estimate of drug-likeness (QED) is 0.622. The predicted molar refractivity (Wildman–Crippen MR) is 96.8 cm³/mol. The first-order chi connectivity index (χ1) is 10.9. The van der Waals surface area contributed by atoms with Crippen molar-refractivity contribution < 1.29 is 4.79 Å². The number of carbonyl (C=O) groups excluding carboxylic acids is 1. The summed E-state index contributed by atoms with van der Waals surface area (Å²) in [6, 6.07) is 6.88. The zero-order chi connectivity index (χ0) is 16.7. The van der Waals surface area contributed by atoms with Gasteiger partial charge in [-0.3, -0.25) is 9.20 Å². The molecule has 0 atom stereocenters. The highest BCUT2D eigenvalue weighted by Crippen LogP contribution is 2.27. The van der Waals surface area contributed by atoms with Crippen LogP contribution in [0.25, 0.3) is 5.65 Å². The number of anilines is 1. The molecule has 0 bridgehead atoms. The van der Waals surface area contributed by atoms with E-state index >= 15 is 0 Å². The fourth-order valence-corrected chi connectivity index (χ4v) is 3.43. The molecule has 0 spiro atoms. The Morgan fingerprint density at radius 1 is 1.26 bits per heavy atom. The van der Waals surface area contributed by atoms with E-state index in [1.54, 1.807) is 29.5 Å². The molecule has 0 unspecified atom stereocenters. The number of fused-ring (bicyclic) bond motifs is 1. The Labute approximate surface area is 151 Å². The van der Waals surface area contributed by atoms with Crippen molar-refractivity contribution in [2.75, 3.05) is 5.32 Å². The number of aromatic nitrogens is 2. The zero-order valence-corrected chi connectivity index (χ0v) is 15.4. The van der Waals surface area contributed by atoms with Crippen molar-refractivity contribution >= 4 is 56.4 Å². The minimum absolute atomic E-state index is 0.281. The lowest BCUT2D eigenvalue weighted by Gasteiger charge is -2.09. The molecule has 0 saturated carbocycles. The third kappa shape index (κ3) is 3.09. The summed E-state index contributed by atoms with van der Waals surface area (Å²) >= 11 is 15.4. The van der Waals surface area contributed by atoms with Crippen LogP contribution in [0.15, 0.2) is 34.9 Å². The summed E-state index contributed by atoms with van der Waals surface area (Å²) in [5, 5.41) is 3.70. The third-order valence-corrected chi connectivity index (χ3v) is 4.42. The molecule has 23 heavy (non-hydrogen) atoms. The highest BCUT2D eigenvalue weighted by molar-refractivity contribution is 9.10. The summed E-state index contributed by atoms with van der Waals surface area (Å²) in [5.74, 6) is -0.281. The van der Waals surface area contributed by atoms with Gasteiger partial charge < -0.3 is 5.32 Å². The van der Waals surface area contributed by atoms with Crippen molar-refractivity contribution in [3.63, 3.8) is 0 Å². The number of rotatable bonds is 2. The number of nitrogens with zero attached hydrogens (tertiary/aromatic N) is 2. The fraction of sp³-hybridized carbons (Fsp3) is 0.125. The monoisotopic (exact) mass is 411 g/mol. The fourth-order valence-electron chi connectivity index (χ4n) is 2.43. The predicted octanol–water partition coefficient (Wildman–Crippen LogP) is 5.27. The largest absolute Gasteiger partial charge is 0.319 e. The Hall–Kier alpha value is -1.56. The van der Waals surface area contributed by atoms with Gasteiger partial charge in [0.2, 0.25) is 0 Å². The van der Waals surface area contributed by atoms with Crippen LogP contribution >= 0.6 is 39.1 Å². The molecule has 0 aliphatic carbocycles. The van der Waals surface area contributed by atoms with E-state index in [1.165, 1.54) is 0 Å². The van der Waals surface area contributed by atoms with Gasteiger partial charge in [-0.1, -0.05) is 23.2 Å². The lowest BCUT2D eigenvalue weighted by atomic mass is 10.2. The van der Waals surface area contributed by atoms with Crippen molar-refractivity contribution in [3.05, 3.63) is 61.9 Å². The third-order valence-electron chi connectivity index (χ3n) is 3.44. The van der Waals surface area contributed by atoms with Crippen LogP contribution in [0.2, 0.25) is 10.0 Å². The number of pyridine rings is 1. The molecule has 4 nitrogen and oxygen atoms in total. The second kappa shape index (κ2) is 6.15. The Morgan fingerprint density at radius 2 is 2.00 bits per heavy atom. The van der Waals surface area contributed by atoms with Gasteiger partial charge in [-0.2, -0.15) is 0 Å². The molecular weight excluding hydrogens is 401 g/mol. The minimum atomic E-state index is -0.281. The molecular formula is C16H12BrCl2N3O. The molecule has 1 amide bonds. The molecule has 1 aromatic carbocycles. The van der Waals surface area contributed by atoms with E-state index in [0.29, 0.717) is 27.1 Å². The lowest BCUT2D eigenvalue weighted by molar-refractivity contribution is 0.102. The smallest absolute Gasteiger partial charge is 0.274 e. The average Bonchev–Trinajstić information content (AvgIpc) is 2.78. The van der Waals surface area contributed by atoms with Crippen LogP contribution in [0.5, 0.6) is 0 Å². The molecule has 2 aromatic heterocycles. The van der Waals surface area contributed by atoms with Gasteiger partial charge in [0.15, 0.2) is 0 Å². The summed E-state index contributed by atoms with van der Waals surface area (Å²) in [6.07, 6.45) is 1.82. The van der Waals surface area contributed by atoms with E-state index in [1.807, 2.05) is 19.2 Å². The summed E-state index contributed by atoms with van der Waals surface area (Å²) in [5.41, 5.74) is 3.34. The van der Waals surface area contributed by atoms with Crippen molar-refractivity contribution in [1.82, 2.24) is 9.38 Å². The molecule has 3 aromatic rings. The summed E-state index contributed by atoms with van der Waals surface area (Å²) in [6.45, 7) is 3.75. The van der Waals surface area contributed by atoms with Crippen LogP contribution in [0, 0.1) is 13.8 Å². The Kier molecular flexibility index (Phi) is 4.36. The number of amides is 1. The minimum Gasteiger partial charge on any atom is -0.319 e. The van der Waals surface area contributed by atoms with E-state index in [0.717, 1.165) is 15.7 Å². The Bertz CT molecular complexity index is 937. The first kappa shape index (κ1) is 16.3. The second-order valence-electron chi connectivity index (χ2n) is 5.16.